The molecule has 0 bridgehead atoms. The topological polar surface area (TPSA) is 108 Å². The zero-order valence-electron chi connectivity index (χ0n) is 19.5. The van der Waals surface area contributed by atoms with Gasteiger partial charge >= 0.3 is 0 Å². The van der Waals surface area contributed by atoms with E-state index in [0.29, 0.717) is 25.3 Å². The molecule has 3 atom stereocenters. The van der Waals surface area contributed by atoms with Crippen LogP contribution in [-0.4, -0.2) is 60.7 Å². The fourth-order valence-corrected chi connectivity index (χ4v) is 2.56. The maximum atomic E-state index is 12.1. The summed E-state index contributed by atoms with van der Waals surface area (Å²) < 4.78 is 9.69. The van der Waals surface area contributed by atoms with Crippen molar-refractivity contribution in [1.82, 2.24) is 5.43 Å². The van der Waals surface area contributed by atoms with Gasteiger partial charge in [0, 0.05) is 13.2 Å². The molecule has 3 unspecified atom stereocenters. The number of nitrogens with zero attached hydrogens (tertiary/aromatic N) is 1. The predicted octanol–water partition coefficient (Wildman–Crippen LogP) is 2.68. The zero-order valence-corrected chi connectivity index (χ0v) is 19.5. The van der Waals surface area contributed by atoms with Crippen LogP contribution in [0.25, 0.3) is 0 Å². The highest BCUT2D eigenvalue weighted by Crippen LogP contribution is 2.22. The lowest BCUT2D eigenvalue weighted by Gasteiger charge is -2.14. The highest BCUT2D eigenvalue weighted by atomic mass is 16.5. The van der Waals surface area contributed by atoms with Gasteiger partial charge in [-0.15, -0.1) is 0 Å². The number of carbonyl (C=O) groups excluding carboxylic acids is 2. The molecule has 1 aromatic rings. The normalized spacial score (nSPS) is 17.1. The lowest BCUT2D eigenvalue weighted by Crippen LogP contribution is -2.35. The van der Waals surface area contributed by atoms with Gasteiger partial charge < -0.3 is 19.7 Å². The van der Waals surface area contributed by atoms with E-state index in [4.69, 9.17) is 19.7 Å². The molecule has 0 saturated carbocycles. The number of anilines is 1. The van der Waals surface area contributed by atoms with Gasteiger partial charge in [0.15, 0.2) is 0 Å². The molecule has 1 aliphatic heterocycles. The average Bonchev–Trinajstić information content (AvgIpc) is 3.01. The van der Waals surface area contributed by atoms with Crippen molar-refractivity contribution in [2.45, 2.75) is 66.1 Å². The Morgan fingerprint density at radius 3 is 1.94 bits per heavy atom. The first kappa shape index (κ1) is 29.0. The highest BCUT2D eigenvalue weighted by Gasteiger charge is 2.39. The Hall–Kier alpha value is -2.00. The van der Waals surface area contributed by atoms with Gasteiger partial charge in [-0.2, -0.15) is 0 Å². The summed E-state index contributed by atoms with van der Waals surface area (Å²) in [6.45, 7) is 11.6. The number of para-hydroxylation sites is 1. The Bertz CT molecular complexity index is 585. The fourth-order valence-electron chi connectivity index (χ4n) is 2.56. The lowest BCUT2D eigenvalue weighted by molar-refractivity contribution is -0.127. The van der Waals surface area contributed by atoms with E-state index < -0.39 is 18.1 Å². The van der Waals surface area contributed by atoms with Crippen molar-refractivity contribution in [1.29, 1.82) is 0 Å². The van der Waals surface area contributed by atoms with Gasteiger partial charge in [-0.05, 0) is 46.2 Å². The Kier molecular flexibility index (Phi) is 16.5. The number of rotatable bonds is 10. The quantitative estimate of drug-likeness (QED) is 0.483. The van der Waals surface area contributed by atoms with Crippen LogP contribution in [0.4, 0.5) is 5.69 Å². The number of carbonyl (C=O) groups is 2. The van der Waals surface area contributed by atoms with Crippen molar-refractivity contribution in [3.05, 3.63) is 30.3 Å². The summed E-state index contributed by atoms with van der Waals surface area (Å²) in [5.41, 5.74) is 3.34. The SMILES string of the molecule is CC(O)COCC(C)O.CCCCC1C(=O)NN(c2ccccc2)C1=O.CCOCC. The molecule has 0 spiro atoms. The number of aliphatic hydroxyl groups is 2. The van der Waals surface area contributed by atoms with Gasteiger partial charge in [0.25, 0.3) is 11.8 Å². The molecular weight excluding hydrogens is 400 g/mol. The number of hydrogen-bond acceptors (Lipinski definition) is 6. The van der Waals surface area contributed by atoms with Gasteiger partial charge in [-0.3, -0.25) is 15.0 Å². The van der Waals surface area contributed by atoms with Crippen molar-refractivity contribution in [3.8, 4) is 0 Å². The highest BCUT2D eigenvalue weighted by molar-refractivity contribution is 6.14. The smallest absolute Gasteiger partial charge is 0.258 e. The van der Waals surface area contributed by atoms with Crippen molar-refractivity contribution >= 4 is 17.5 Å². The van der Waals surface area contributed by atoms with Crippen LogP contribution in [0.2, 0.25) is 0 Å². The third-order valence-corrected chi connectivity index (χ3v) is 4.04. The molecule has 31 heavy (non-hydrogen) atoms. The minimum Gasteiger partial charge on any atom is -0.391 e. The summed E-state index contributed by atoms with van der Waals surface area (Å²) >= 11 is 0. The van der Waals surface area contributed by atoms with Crippen LogP contribution in [0.15, 0.2) is 30.3 Å². The van der Waals surface area contributed by atoms with Crippen molar-refractivity contribution in [3.63, 3.8) is 0 Å². The number of amides is 2. The van der Waals surface area contributed by atoms with E-state index in [1.807, 2.05) is 39.0 Å². The molecule has 1 saturated heterocycles. The first-order chi connectivity index (χ1) is 14.8. The number of benzene rings is 1. The third kappa shape index (κ3) is 13.1. The summed E-state index contributed by atoms with van der Waals surface area (Å²) in [6, 6.07) is 9.17. The first-order valence-electron chi connectivity index (χ1n) is 11.0. The maximum Gasteiger partial charge on any atom is 0.258 e. The molecule has 0 aliphatic carbocycles. The molecule has 0 radical (unpaired) electrons. The van der Waals surface area contributed by atoms with Crippen molar-refractivity contribution < 1.29 is 29.3 Å². The first-order valence-corrected chi connectivity index (χ1v) is 11.0. The Labute approximate surface area is 186 Å². The maximum absolute atomic E-state index is 12.1. The molecule has 0 aromatic heterocycles. The van der Waals surface area contributed by atoms with Crippen LogP contribution in [0, 0.1) is 5.92 Å². The Morgan fingerprint density at radius 1 is 0.968 bits per heavy atom. The fraction of sp³-hybridized carbons (Fsp3) is 0.652. The second-order valence-electron chi connectivity index (χ2n) is 7.20. The number of hydrogen-bond donors (Lipinski definition) is 3. The van der Waals surface area contributed by atoms with Crippen LogP contribution in [0.3, 0.4) is 0 Å². The molecule has 2 rings (SSSR count). The minimum absolute atomic E-state index is 0.144. The predicted molar refractivity (Wildman–Crippen MR) is 121 cm³/mol. The van der Waals surface area contributed by atoms with Gasteiger partial charge in [-0.1, -0.05) is 38.0 Å². The molecule has 1 heterocycles. The summed E-state index contributed by atoms with van der Waals surface area (Å²) in [7, 11) is 0. The summed E-state index contributed by atoms with van der Waals surface area (Å²) in [4.78, 5) is 23.8. The van der Waals surface area contributed by atoms with Crippen molar-refractivity contribution in [2.24, 2.45) is 5.92 Å². The Morgan fingerprint density at radius 2 is 1.52 bits per heavy atom. The van der Waals surface area contributed by atoms with E-state index in [2.05, 4.69) is 5.43 Å². The van der Waals surface area contributed by atoms with Crippen LogP contribution >= 0.6 is 0 Å². The number of nitrogens with one attached hydrogen (secondary N) is 1. The zero-order chi connectivity index (χ0) is 23.6. The largest absolute Gasteiger partial charge is 0.391 e. The van der Waals surface area contributed by atoms with E-state index in [0.717, 1.165) is 26.1 Å². The van der Waals surface area contributed by atoms with E-state index in [9.17, 15) is 9.59 Å². The van der Waals surface area contributed by atoms with Crippen LogP contribution in [0.5, 0.6) is 0 Å². The monoisotopic (exact) mass is 440 g/mol. The van der Waals surface area contributed by atoms with Crippen LogP contribution in [-0.2, 0) is 19.1 Å². The van der Waals surface area contributed by atoms with Crippen LogP contribution < -0.4 is 10.4 Å². The Balaban J connectivity index is 0.000000541. The molecule has 3 N–H and O–H groups in total. The summed E-state index contributed by atoms with van der Waals surface area (Å²) in [5.74, 6) is -0.850. The standard InChI is InChI=1S/C13H16N2O2.C6H14O3.C4H10O/c1-2-3-9-11-12(16)14-15(13(11)17)10-7-5-4-6-8-10;1-5(7)3-9-4-6(2)8;1-3-5-4-2/h4-8,11H,2-3,9H2,1H3,(H,14,16);5-8H,3-4H2,1-2H3;3-4H2,1-2H3. The second kappa shape index (κ2) is 17.7. The number of ether oxygens (including phenoxy) is 2. The minimum atomic E-state index is -0.518. The van der Waals surface area contributed by atoms with E-state index in [1.165, 1.54) is 5.01 Å². The molecule has 1 aromatic carbocycles. The molecule has 8 heteroatoms. The summed E-state index contributed by atoms with van der Waals surface area (Å²) in [5, 5.41) is 18.7. The van der Waals surface area contributed by atoms with Crippen LogP contribution in [0.1, 0.15) is 53.9 Å². The molecular formula is C23H40N2O6. The molecule has 1 aliphatic rings. The number of hydrazine groups is 1. The summed E-state index contributed by atoms with van der Waals surface area (Å²) in [6.07, 6.45) is 1.63. The number of aliphatic hydroxyl groups excluding tert-OH is 2. The second-order valence-corrected chi connectivity index (χ2v) is 7.20. The van der Waals surface area contributed by atoms with E-state index in [-0.39, 0.29) is 11.8 Å². The molecule has 8 nitrogen and oxygen atoms in total. The van der Waals surface area contributed by atoms with Gasteiger partial charge in [-0.25, -0.2) is 5.01 Å². The van der Waals surface area contributed by atoms with Gasteiger partial charge in [0.2, 0.25) is 0 Å². The molecule has 178 valence electrons. The molecule has 1 fully saturated rings. The van der Waals surface area contributed by atoms with Crippen molar-refractivity contribution in [2.75, 3.05) is 31.4 Å². The lowest BCUT2D eigenvalue weighted by atomic mass is 10.0. The third-order valence-electron chi connectivity index (χ3n) is 4.04. The molecule has 2 amide bonds. The average molecular weight is 441 g/mol. The van der Waals surface area contributed by atoms with Gasteiger partial charge in [0.1, 0.15) is 5.92 Å². The van der Waals surface area contributed by atoms with E-state index >= 15 is 0 Å². The van der Waals surface area contributed by atoms with E-state index in [1.54, 1.807) is 26.0 Å². The number of unbranched alkanes of at least 4 members (excludes halogenated alkanes) is 1. The van der Waals surface area contributed by atoms with Gasteiger partial charge in [0.05, 0.1) is 31.1 Å².